The van der Waals surface area contributed by atoms with E-state index in [1.54, 1.807) is 31.2 Å². The molecule has 1 N–H and O–H groups in total. The van der Waals surface area contributed by atoms with Gasteiger partial charge in [0.05, 0.1) is 21.2 Å². The first kappa shape index (κ1) is 23.9. The first-order valence-corrected chi connectivity index (χ1v) is 11.8. The second kappa shape index (κ2) is 9.83. The van der Waals surface area contributed by atoms with Crippen molar-refractivity contribution in [3.05, 3.63) is 93.5 Å². The number of carbonyl (C=O) groups excluding carboxylic acids is 1. The van der Waals surface area contributed by atoms with Gasteiger partial charge in [0.1, 0.15) is 6.54 Å². The molecule has 0 saturated heterocycles. The highest BCUT2D eigenvalue weighted by molar-refractivity contribution is 7.92. The highest BCUT2D eigenvalue weighted by Gasteiger charge is 2.28. The van der Waals surface area contributed by atoms with E-state index in [2.05, 4.69) is 5.32 Å². The molecule has 3 aromatic rings. The summed E-state index contributed by atoms with van der Waals surface area (Å²) in [6.07, 6.45) is 0.571. The third-order valence-electron chi connectivity index (χ3n) is 5.24. The molecular formula is C24H25N3O5S. The first-order chi connectivity index (χ1) is 15.6. The Balaban J connectivity index is 2.00. The van der Waals surface area contributed by atoms with Crippen LogP contribution in [0.4, 0.5) is 17.1 Å². The molecule has 9 heteroatoms. The van der Waals surface area contributed by atoms with Crippen LogP contribution in [0.3, 0.4) is 0 Å². The van der Waals surface area contributed by atoms with Gasteiger partial charge in [0, 0.05) is 12.1 Å². The Bertz CT molecular complexity index is 1290. The molecule has 3 aromatic carbocycles. The Labute approximate surface area is 193 Å². The van der Waals surface area contributed by atoms with Crippen LogP contribution in [0.2, 0.25) is 0 Å². The number of benzene rings is 3. The SMILES string of the molecule is CCc1ccccc1N(CC(=O)Nc1cc([N+](=O)[O-])ccc1C)S(=O)(=O)c1ccc(C)cc1. The highest BCUT2D eigenvalue weighted by atomic mass is 32.2. The lowest BCUT2D eigenvalue weighted by atomic mass is 10.1. The van der Waals surface area contributed by atoms with E-state index in [4.69, 9.17) is 0 Å². The van der Waals surface area contributed by atoms with E-state index >= 15 is 0 Å². The summed E-state index contributed by atoms with van der Waals surface area (Å²) >= 11 is 0. The molecule has 33 heavy (non-hydrogen) atoms. The van der Waals surface area contributed by atoms with E-state index in [1.165, 1.54) is 30.3 Å². The molecule has 0 saturated carbocycles. The van der Waals surface area contributed by atoms with Gasteiger partial charge in [-0.25, -0.2) is 8.42 Å². The number of aryl methyl sites for hydroxylation is 3. The summed E-state index contributed by atoms with van der Waals surface area (Å²) in [4.78, 5) is 23.6. The normalized spacial score (nSPS) is 11.1. The van der Waals surface area contributed by atoms with Crippen LogP contribution in [0.5, 0.6) is 0 Å². The molecule has 172 valence electrons. The molecule has 0 atom stereocenters. The Morgan fingerprint density at radius 2 is 1.70 bits per heavy atom. The molecular weight excluding hydrogens is 442 g/mol. The number of nitro groups is 1. The van der Waals surface area contributed by atoms with Crippen molar-refractivity contribution in [2.24, 2.45) is 0 Å². The lowest BCUT2D eigenvalue weighted by Crippen LogP contribution is -2.38. The molecule has 0 fully saturated rings. The van der Waals surface area contributed by atoms with Gasteiger partial charge in [-0.3, -0.25) is 19.2 Å². The van der Waals surface area contributed by atoms with E-state index in [9.17, 15) is 23.3 Å². The van der Waals surface area contributed by atoms with Crippen molar-refractivity contribution in [2.45, 2.75) is 32.1 Å². The molecule has 0 bridgehead atoms. The van der Waals surface area contributed by atoms with Gasteiger partial charge in [-0.2, -0.15) is 0 Å². The minimum absolute atomic E-state index is 0.0679. The quantitative estimate of drug-likeness (QED) is 0.384. The Hall–Kier alpha value is -3.72. The van der Waals surface area contributed by atoms with Crippen molar-refractivity contribution >= 4 is 33.0 Å². The van der Waals surface area contributed by atoms with Gasteiger partial charge in [0.2, 0.25) is 5.91 Å². The standard InChI is InChI=1S/C24H25N3O5S/c1-4-19-7-5-6-8-23(19)26(33(31,32)21-13-9-17(2)10-14-21)16-24(28)25-22-15-20(27(29)30)12-11-18(22)3/h5-15H,4,16H2,1-3H3,(H,25,28). The molecule has 0 spiro atoms. The largest absolute Gasteiger partial charge is 0.324 e. The van der Waals surface area contributed by atoms with Crippen molar-refractivity contribution in [2.75, 3.05) is 16.2 Å². The number of nitrogens with one attached hydrogen (secondary N) is 1. The van der Waals surface area contributed by atoms with Crippen LogP contribution in [0.25, 0.3) is 0 Å². The van der Waals surface area contributed by atoms with E-state index in [0.29, 0.717) is 17.7 Å². The number of rotatable bonds is 8. The number of carbonyl (C=O) groups is 1. The van der Waals surface area contributed by atoms with Gasteiger partial charge >= 0.3 is 0 Å². The lowest BCUT2D eigenvalue weighted by molar-refractivity contribution is -0.384. The summed E-state index contributed by atoms with van der Waals surface area (Å²) < 4.78 is 28.2. The topological polar surface area (TPSA) is 110 Å². The van der Waals surface area contributed by atoms with Crippen LogP contribution in [0, 0.1) is 24.0 Å². The number of anilines is 2. The van der Waals surface area contributed by atoms with Crippen LogP contribution >= 0.6 is 0 Å². The van der Waals surface area contributed by atoms with Crippen LogP contribution < -0.4 is 9.62 Å². The van der Waals surface area contributed by atoms with Crippen LogP contribution in [0.1, 0.15) is 23.6 Å². The minimum Gasteiger partial charge on any atom is -0.324 e. The number of hydrogen-bond acceptors (Lipinski definition) is 5. The third-order valence-corrected chi connectivity index (χ3v) is 7.02. The predicted octanol–water partition coefficient (Wildman–Crippen LogP) is 4.61. The third kappa shape index (κ3) is 5.38. The number of amides is 1. The van der Waals surface area contributed by atoms with E-state index in [-0.39, 0.29) is 16.3 Å². The molecule has 8 nitrogen and oxygen atoms in total. The fraction of sp³-hybridized carbons (Fsp3) is 0.208. The highest BCUT2D eigenvalue weighted by Crippen LogP contribution is 2.28. The number of nitro benzene ring substituents is 1. The van der Waals surface area contributed by atoms with Gasteiger partial charge in [-0.05, 0) is 49.6 Å². The molecule has 0 aliphatic heterocycles. The number of nitrogens with zero attached hydrogens (tertiary/aromatic N) is 2. The van der Waals surface area contributed by atoms with Crippen molar-refractivity contribution in [3.8, 4) is 0 Å². The molecule has 0 radical (unpaired) electrons. The van der Waals surface area contributed by atoms with Gasteiger partial charge in [-0.15, -0.1) is 0 Å². The summed E-state index contributed by atoms with van der Waals surface area (Å²) in [6.45, 7) is 4.97. The van der Waals surface area contributed by atoms with Gasteiger partial charge < -0.3 is 5.32 Å². The second-order valence-corrected chi connectivity index (χ2v) is 9.47. The zero-order valence-corrected chi connectivity index (χ0v) is 19.4. The van der Waals surface area contributed by atoms with Gasteiger partial charge in [-0.1, -0.05) is 48.9 Å². The fourth-order valence-corrected chi connectivity index (χ4v) is 4.83. The maximum atomic E-state index is 13.6. The Morgan fingerprint density at radius 3 is 2.33 bits per heavy atom. The zero-order chi connectivity index (χ0) is 24.2. The van der Waals surface area contributed by atoms with Crippen molar-refractivity contribution in [1.29, 1.82) is 0 Å². The number of sulfonamides is 1. The summed E-state index contributed by atoms with van der Waals surface area (Å²) in [5, 5.41) is 13.7. The lowest BCUT2D eigenvalue weighted by Gasteiger charge is -2.26. The second-order valence-electron chi connectivity index (χ2n) is 7.61. The van der Waals surface area contributed by atoms with Gasteiger partial charge in [0.15, 0.2) is 0 Å². The van der Waals surface area contributed by atoms with Crippen molar-refractivity contribution in [1.82, 2.24) is 0 Å². The van der Waals surface area contributed by atoms with Crippen LogP contribution in [-0.4, -0.2) is 25.8 Å². The average Bonchev–Trinajstić information content (AvgIpc) is 2.79. The fourth-order valence-electron chi connectivity index (χ4n) is 3.37. The maximum absolute atomic E-state index is 13.6. The predicted molar refractivity (Wildman–Crippen MR) is 128 cm³/mol. The monoisotopic (exact) mass is 467 g/mol. The Kier molecular flexibility index (Phi) is 7.13. The molecule has 0 heterocycles. The average molecular weight is 468 g/mol. The van der Waals surface area contributed by atoms with Crippen molar-refractivity contribution < 1.29 is 18.1 Å². The number of para-hydroxylation sites is 1. The molecule has 0 aliphatic rings. The van der Waals surface area contributed by atoms with E-state index in [0.717, 1.165) is 15.4 Å². The maximum Gasteiger partial charge on any atom is 0.271 e. The van der Waals surface area contributed by atoms with E-state index < -0.39 is 27.4 Å². The zero-order valence-electron chi connectivity index (χ0n) is 18.6. The van der Waals surface area contributed by atoms with Crippen LogP contribution in [0.15, 0.2) is 71.6 Å². The minimum atomic E-state index is -4.06. The van der Waals surface area contributed by atoms with Crippen molar-refractivity contribution in [3.63, 3.8) is 0 Å². The molecule has 0 aromatic heterocycles. The van der Waals surface area contributed by atoms with Gasteiger partial charge in [0.25, 0.3) is 15.7 Å². The summed E-state index contributed by atoms with van der Waals surface area (Å²) in [7, 11) is -4.06. The summed E-state index contributed by atoms with van der Waals surface area (Å²) in [5.74, 6) is -0.611. The first-order valence-electron chi connectivity index (χ1n) is 10.4. The van der Waals surface area contributed by atoms with Crippen LogP contribution in [-0.2, 0) is 21.2 Å². The number of hydrogen-bond donors (Lipinski definition) is 1. The smallest absolute Gasteiger partial charge is 0.271 e. The molecule has 0 aliphatic carbocycles. The molecule has 0 unspecified atom stereocenters. The summed E-state index contributed by atoms with van der Waals surface area (Å²) in [6, 6.07) is 17.5. The summed E-state index contributed by atoms with van der Waals surface area (Å²) in [5.41, 5.74) is 2.80. The molecule has 3 rings (SSSR count). The van der Waals surface area contributed by atoms with E-state index in [1.807, 2.05) is 26.0 Å². The molecule has 1 amide bonds. The number of non-ortho nitro benzene ring substituents is 1. The Morgan fingerprint density at radius 1 is 1.03 bits per heavy atom.